The second-order valence-electron chi connectivity index (χ2n) is 5.13. The van der Waals surface area contributed by atoms with E-state index in [1.54, 1.807) is 6.07 Å². The van der Waals surface area contributed by atoms with Crippen LogP contribution in [0.1, 0.15) is 32.4 Å². The average molecular weight is 222 g/mol. The highest BCUT2D eigenvalue weighted by Gasteiger charge is 2.33. The van der Waals surface area contributed by atoms with Crippen molar-refractivity contribution in [2.24, 2.45) is 5.41 Å². The lowest BCUT2D eigenvalue weighted by Crippen LogP contribution is -2.43. The lowest BCUT2D eigenvalue weighted by molar-refractivity contribution is 0.226. The summed E-state index contributed by atoms with van der Waals surface area (Å²) in [7, 11) is 0. The largest absolute Gasteiger partial charge is 0.330 e. The van der Waals surface area contributed by atoms with Crippen LogP contribution in [-0.2, 0) is 0 Å². The molecule has 0 saturated carbocycles. The van der Waals surface area contributed by atoms with Crippen LogP contribution in [0.15, 0.2) is 18.2 Å². The van der Waals surface area contributed by atoms with Gasteiger partial charge in [-0.25, -0.2) is 9.18 Å². The molecule has 0 spiro atoms. The number of carbonyl (C=O) groups excluding carboxylic acids is 1. The molecule has 2 rings (SSSR count). The summed E-state index contributed by atoms with van der Waals surface area (Å²) >= 11 is 0. The normalized spacial score (nSPS) is 19.8. The van der Waals surface area contributed by atoms with Gasteiger partial charge in [-0.15, -0.1) is 0 Å². The van der Waals surface area contributed by atoms with E-state index in [1.807, 2.05) is 20.8 Å². The van der Waals surface area contributed by atoms with Gasteiger partial charge in [-0.05, 0) is 23.6 Å². The van der Waals surface area contributed by atoms with Crippen LogP contribution < -0.4 is 10.6 Å². The molecular formula is C12H15FN2O. The lowest BCUT2D eigenvalue weighted by Gasteiger charge is -2.36. The number of rotatable bonds is 0. The highest BCUT2D eigenvalue weighted by molar-refractivity contribution is 5.93. The van der Waals surface area contributed by atoms with Crippen LogP contribution in [0.25, 0.3) is 0 Å². The van der Waals surface area contributed by atoms with E-state index in [1.165, 1.54) is 12.1 Å². The van der Waals surface area contributed by atoms with Crippen LogP contribution in [0.2, 0.25) is 0 Å². The molecule has 1 aliphatic heterocycles. The maximum Gasteiger partial charge on any atom is 0.319 e. The summed E-state index contributed by atoms with van der Waals surface area (Å²) in [4.78, 5) is 11.5. The zero-order valence-corrected chi connectivity index (χ0v) is 9.60. The minimum absolute atomic E-state index is 0.152. The van der Waals surface area contributed by atoms with Gasteiger partial charge in [-0.2, -0.15) is 0 Å². The Morgan fingerprint density at radius 1 is 1.31 bits per heavy atom. The standard InChI is InChI=1S/C12H15FN2O/c1-12(2,3)10-8-6-7(13)4-5-9(8)14-11(16)15-10/h4-6,10H,1-3H3,(H2,14,15,16). The molecule has 1 aliphatic rings. The summed E-state index contributed by atoms with van der Waals surface area (Å²) in [5.74, 6) is -0.286. The van der Waals surface area contributed by atoms with E-state index in [9.17, 15) is 9.18 Å². The Kier molecular flexibility index (Phi) is 2.37. The molecule has 86 valence electrons. The first-order valence-corrected chi connectivity index (χ1v) is 5.25. The fourth-order valence-corrected chi connectivity index (χ4v) is 1.94. The van der Waals surface area contributed by atoms with E-state index in [0.717, 1.165) is 5.56 Å². The number of anilines is 1. The van der Waals surface area contributed by atoms with Gasteiger partial charge in [0.2, 0.25) is 0 Å². The predicted octanol–water partition coefficient (Wildman–Crippen LogP) is 3.05. The predicted molar refractivity (Wildman–Crippen MR) is 60.8 cm³/mol. The first kappa shape index (κ1) is 10.9. The van der Waals surface area contributed by atoms with Crippen molar-refractivity contribution in [3.8, 4) is 0 Å². The number of fused-ring (bicyclic) bond motifs is 1. The highest BCUT2D eigenvalue weighted by atomic mass is 19.1. The van der Waals surface area contributed by atoms with Gasteiger partial charge in [0.1, 0.15) is 5.82 Å². The maximum atomic E-state index is 13.2. The number of benzene rings is 1. The Morgan fingerprint density at radius 3 is 2.62 bits per heavy atom. The Hall–Kier alpha value is -1.58. The highest BCUT2D eigenvalue weighted by Crippen LogP contribution is 2.38. The molecule has 0 saturated heterocycles. The Bertz CT molecular complexity index is 437. The SMILES string of the molecule is CC(C)(C)C1NC(=O)Nc2ccc(F)cc21. The molecule has 1 atom stereocenters. The van der Waals surface area contributed by atoms with Crippen LogP contribution in [0, 0.1) is 11.2 Å². The van der Waals surface area contributed by atoms with Crippen molar-refractivity contribution < 1.29 is 9.18 Å². The third kappa shape index (κ3) is 1.87. The molecule has 0 fully saturated rings. The van der Waals surface area contributed by atoms with Gasteiger partial charge >= 0.3 is 6.03 Å². The van der Waals surface area contributed by atoms with Crippen LogP contribution in [0.4, 0.5) is 14.9 Å². The number of urea groups is 1. The first-order valence-electron chi connectivity index (χ1n) is 5.25. The molecule has 0 bridgehead atoms. The van der Waals surface area contributed by atoms with Gasteiger partial charge in [-0.3, -0.25) is 0 Å². The van der Waals surface area contributed by atoms with Gasteiger partial charge in [0.15, 0.2) is 0 Å². The molecule has 0 aliphatic carbocycles. The van der Waals surface area contributed by atoms with Crippen molar-refractivity contribution in [1.29, 1.82) is 0 Å². The number of halogens is 1. The van der Waals surface area contributed by atoms with Crippen molar-refractivity contribution in [2.45, 2.75) is 26.8 Å². The van der Waals surface area contributed by atoms with Crippen LogP contribution >= 0.6 is 0 Å². The molecule has 2 N–H and O–H groups in total. The fraction of sp³-hybridized carbons (Fsp3) is 0.417. The van der Waals surface area contributed by atoms with Crippen LogP contribution in [0.3, 0.4) is 0 Å². The number of hydrogen-bond acceptors (Lipinski definition) is 1. The molecule has 1 heterocycles. The molecular weight excluding hydrogens is 207 g/mol. The molecule has 0 aromatic heterocycles. The van der Waals surface area contributed by atoms with Crippen molar-refractivity contribution in [1.82, 2.24) is 5.32 Å². The van der Waals surface area contributed by atoms with E-state index >= 15 is 0 Å². The molecule has 3 nitrogen and oxygen atoms in total. The number of amides is 2. The summed E-state index contributed by atoms with van der Waals surface area (Å²) < 4.78 is 13.2. The van der Waals surface area contributed by atoms with E-state index in [-0.39, 0.29) is 23.3 Å². The van der Waals surface area contributed by atoms with E-state index in [0.29, 0.717) is 5.69 Å². The summed E-state index contributed by atoms with van der Waals surface area (Å²) in [6, 6.07) is 4.01. The topological polar surface area (TPSA) is 41.1 Å². The molecule has 1 aromatic rings. The van der Waals surface area contributed by atoms with Gasteiger partial charge in [0.25, 0.3) is 0 Å². The monoisotopic (exact) mass is 222 g/mol. The Labute approximate surface area is 94.0 Å². The van der Waals surface area contributed by atoms with Gasteiger partial charge in [0.05, 0.1) is 6.04 Å². The van der Waals surface area contributed by atoms with E-state index in [4.69, 9.17) is 0 Å². The first-order chi connectivity index (χ1) is 7.38. The van der Waals surface area contributed by atoms with Gasteiger partial charge < -0.3 is 10.6 Å². The van der Waals surface area contributed by atoms with Crippen LogP contribution in [-0.4, -0.2) is 6.03 Å². The summed E-state index contributed by atoms with van der Waals surface area (Å²) in [6.45, 7) is 6.04. The third-order valence-corrected chi connectivity index (χ3v) is 2.71. The second kappa shape index (κ2) is 3.47. The number of carbonyl (C=O) groups is 1. The average Bonchev–Trinajstić information content (AvgIpc) is 2.16. The molecule has 16 heavy (non-hydrogen) atoms. The molecule has 0 radical (unpaired) electrons. The maximum absolute atomic E-state index is 13.2. The van der Waals surface area contributed by atoms with Crippen molar-refractivity contribution >= 4 is 11.7 Å². The fourth-order valence-electron chi connectivity index (χ4n) is 1.94. The quantitative estimate of drug-likeness (QED) is 0.696. The van der Waals surface area contributed by atoms with Crippen molar-refractivity contribution in [3.63, 3.8) is 0 Å². The van der Waals surface area contributed by atoms with Gasteiger partial charge in [0, 0.05) is 11.3 Å². The molecule has 1 unspecified atom stereocenters. The molecule has 4 heteroatoms. The van der Waals surface area contributed by atoms with Crippen molar-refractivity contribution in [3.05, 3.63) is 29.6 Å². The number of hydrogen-bond donors (Lipinski definition) is 2. The second-order valence-corrected chi connectivity index (χ2v) is 5.13. The summed E-state index contributed by atoms with van der Waals surface area (Å²) in [5, 5.41) is 5.50. The lowest BCUT2D eigenvalue weighted by atomic mass is 9.81. The summed E-state index contributed by atoms with van der Waals surface area (Å²) in [5.41, 5.74) is 1.33. The smallest absolute Gasteiger partial charge is 0.319 e. The third-order valence-electron chi connectivity index (χ3n) is 2.71. The zero-order chi connectivity index (χ0) is 11.9. The summed E-state index contributed by atoms with van der Waals surface area (Å²) in [6.07, 6.45) is 0. The molecule has 1 aromatic carbocycles. The van der Waals surface area contributed by atoms with E-state index < -0.39 is 0 Å². The van der Waals surface area contributed by atoms with Crippen molar-refractivity contribution in [2.75, 3.05) is 5.32 Å². The zero-order valence-electron chi connectivity index (χ0n) is 9.60. The minimum atomic E-state index is -0.286. The number of nitrogens with one attached hydrogen (secondary N) is 2. The van der Waals surface area contributed by atoms with Gasteiger partial charge in [-0.1, -0.05) is 20.8 Å². The van der Waals surface area contributed by atoms with Crippen LogP contribution in [0.5, 0.6) is 0 Å². The minimum Gasteiger partial charge on any atom is -0.330 e. The molecule has 2 amide bonds. The Morgan fingerprint density at radius 2 is 2.00 bits per heavy atom. The van der Waals surface area contributed by atoms with E-state index in [2.05, 4.69) is 10.6 Å². The Balaban J connectivity index is 2.52.